The minimum atomic E-state index is -4.54. The number of halogens is 3. The fourth-order valence-electron chi connectivity index (χ4n) is 5.07. The first kappa shape index (κ1) is 28.4. The van der Waals surface area contributed by atoms with Crippen molar-refractivity contribution in [2.75, 3.05) is 4.90 Å². The summed E-state index contributed by atoms with van der Waals surface area (Å²) in [5.74, 6) is 0. The highest BCUT2D eigenvalue weighted by Crippen LogP contribution is 2.42. The van der Waals surface area contributed by atoms with Crippen LogP contribution in [0.15, 0.2) is 85.1 Å². The molecule has 0 unspecified atom stereocenters. The summed E-state index contributed by atoms with van der Waals surface area (Å²) in [5.41, 5.74) is 5.14. The standard InChI is InChI=1S/C34H35F3N4/c1-32(2,3)22-11-15-24(16-12-22)41(25-17-13-23(14-18-25)33(4,5)6)28-10-8-9-27-26(28)19-20-38-31(27)29-21-30(34(35,36)37)39-40(29)7/h8-21H,1-7H3. The lowest BCUT2D eigenvalue weighted by atomic mass is 9.86. The van der Waals surface area contributed by atoms with Gasteiger partial charge in [-0.05, 0) is 64.4 Å². The summed E-state index contributed by atoms with van der Waals surface area (Å²) in [6.07, 6.45) is -2.90. The van der Waals surface area contributed by atoms with E-state index in [4.69, 9.17) is 0 Å². The van der Waals surface area contributed by atoms with Crippen molar-refractivity contribution in [3.05, 3.63) is 102 Å². The minimum absolute atomic E-state index is 0.0100. The molecule has 5 rings (SSSR count). The molecule has 0 N–H and O–H groups in total. The third kappa shape index (κ3) is 5.58. The number of aromatic nitrogens is 3. The Hall–Kier alpha value is -4.13. The highest BCUT2D eigenvalue weighted by Gasteiger charge is 2.35. The van der Waals surface area contributed by atoms with Crippen molar-refractivity contribution < 1.29 is 13.2 Å². The SMILES string of the molecule is Cn1nc(C(F)(F)F)cc1-c1nccc2c(N(c3ccc(C(C)(C)C)cc3)c3ccc(C(C)(C)C)cc3)cccc12. The van der Waals surface area contributed by atoms with Gasteiger partial charge in [-0.2, -0.15) is 18.3 Å². The molecule has 41 heavy (non-hydrogen) atoms. The Bertz CT molecular complexity index is 1630. The summed E-state index contributed by atoms with van der Waals surface area (Å²) >= 11 is 0. The number of pyridine rings is 1. The topological polar surface area (TPSA) is 34.0 Å². The lowest BCUT2D eigenvalue weighted by molar-refractivity contribution is -0.141. The van der Waals surface area contributed by atoms with E-state index in [1.54, 1.807) is 6.20 Å². The van der Waals surface area contributed by atoms with Gasteiger partial charge in [0.15, 0.2) is 5.69 Å². The molecule has 0 spiro atoms. The lowest BCUT2D eigenvalue weighted by Crippen LogP contribution is -2.14. The van der Waals surface area contributed by atoms with E-state index in [1.807, 2.05) is 24.3 Å². The average molecular weight is 557 g/mol. The van der Waals surface area contributed by atoms with Crippen LogP contribution in [0.3, 0.4) is 0 Å². The fraction of sp³-hybridized carbons (Fsp3) is 0.294. The summed E-state index contributed by atoms with van der Waals surface area (Å²) in [4.78, 5) is 6.70. The van der Waals surface area contributed by atoms with Gasteiger partial charge in [-0.25, -0.2) is 0 Å². The molecule has 212 valence electrons. The predicted octanol–water partition coefficient (Wildman–Crippen LogP) is 9.72. The number of fused-ring (bicyclic) bond motifs is 1. The third-order valence-corrected chi connectivity index (χ3v) is 7.42. The van der Waals surface area contributed by atoms with Crippen molar-refractivity contribution in [2.24, 2.45) is 7.05 Å². The van der Waals surface area contributed by atoms with Crippen molar-refractivity contribution in [1.82, 2.24) is 14.8 Å². The van der Waals surface area contributed by atoms with Crippen LogP contribution in [0.5, 0.6) is 0 Å². The molecule has 7 heteroatoms. The molecule has 0 aliphatic carbocycles. The van der Waals surface area contributed by atoms with E-state index in [0.717, 1.165) is 33.9 Å². The molecule has 0 atom stereocenters. The Balaban J connectivity index is 1.71. The zero-order valence-electron chi connectivity index (χ0n) is 24.5. The molecule has 0 fully saturated rings. The van der Waals surface area contributed by atoms with Gasteiger partial charge in [-0.3, -0.25) is 9.67 Å². The summed E-state index contributed by atoms with van der Waals surface area (Å²) in [6.45, 7) is 13.1. The number of aryl methyl sites for hydroxylation is 1. The zero-order chi connectivity index (χ0) is 29.7. The van der Waals surface area contributed by atoms with Crippen LogP contribution in [-0.4, -0.2) is 14.8 Å². The van der Waals surface area contributed by atoms with Gasteiger partial charge >= 0.3 is 6.18 Å². The van der Waals surface area contributed by atoms with Crippen LogP contribution in [0.1, 0.15) is 58.4 Å². The molecule has 0 aliphatic heterocycles. The summed E-state index contributed by atoms with van der Waals surface area (Å²) in [7, 11) is 1.51. The Morgan fingerprint density at radius 2 is 1.22 bits per heavy atom. The highest BCUT2D eigenvalue weighted by atomic mass is 19.4. The maximum absolute atomic E-state index is 13.5. The van der Waals surface area contributed by atoms with Gasteiger partial charge in [-0.1, -0.05) is 77.9 Å². The van der Waals surface area contributed by atoms with Gasteiger partial charge < -0.3 is 4.90 Å². The molecule has 0 amide bonds. The third-order valence-electron chi connectivity index (χ3n) is 7.42. The van der Waals surface area contributed by atoms with E-state index < -0.39 is 11.9 Å². The van der Waals surface area contributed by atoms with Crippen molar-refractivity contribution in [1.29, 1.82) is 0 Å². The van der Waals surface area contributed by atoms with Crippen molar-refractivity contribution in [3.63, 3.8) is 0 Å². The van der Waals surface area contributed by atoms with E-state index in [9.17, 15) is 13.2 Å². The van der Waals surface area contributed by atoms with E-state index in [2.05, 4.69) is 105 Å². The minimum Gasteiger partial charge on any atom is -0.310 e. The van der Waals surface area contributed by atoms with Crippen molar-refractivity contribution >= 4 is 27.8 Å². The molecule has 2 heterocycles. The second kappa shape index (κ2) is 10.1. The molecule has 0 saturated heterocycles. The maximum Gasteiger partial charge on any atom is 0.435 e. The number of benzene rings is 3. The Kier molecular flexibility index (Phi) is 6.96. The van der Waals surface area contributed by atoms with Gasteiger partial charge in [0, 0.05) is 35.4 Å². The zero-order valence-corrected chi connectivity index (χ0v) is 24.5. The van der Waals surface area contributed by atoms with Gasteiger partial charge in [0.1, 0.15) is 0 Å². The van der Waals surface area contributed by atoms with Crippen LogP contribution >= 0.6 is 0 Å². The van der Waals surface area contributed by atoms with E-state index >= 15 is 0 Å². The lowest BCUT2D eigenvalue weighted by Gasteiger charge is -2.29. The maximum atomic E-state index is 13.5. The van der Waals surface area contributed by atoms with Crippen molar-refractivity contribution in [2.45, 2.75) is 58.5 Å². The van der Waals surface area contributed by atoms with Crippen LogP contribution in [0.2, 0.25) is 0 Å². The first-order chi connectivity index (χ1) is 19.1. The van der Waals surface area contributed by atoms with Gasteiger partial charge in [0.05, 0.1) is 17.1 Å². The summed E-state index contributed by atoms with van der Waals surface area (Å²) in [6, 6.07) is 25.9. The van der Waals surface area contributed by atoms with E-state index in [0.29, 0.717) is 11.4 Å². The molecule has 0 saturated carbocycles. The number of hydrogen-bond donors (Lipinski definition) is 0. The first-order valence-electron chi connectivity index (χ1n) is 13.7. The van der Waals surface area contributed by atoms with Crippen molar-refractivity contribution in [3.8, 4) is 11.4 Å². The van der Waals surface area contributed by atoms with Crippen LogP contribution in [-0.2, 0) is 24.1 Å². The molecule has 0 radical (unpaired) electrons. The molecule has 3 aromatic carbocycles. The second-order valence-corrected chi connectivity index (χ2v) is 12.5. The molecule has 0 aliphatic rings. The largest absolute Gasteiger partial charge is 0.435 e. The second-order valence-electron chi connectivity index (χ2n) is 12.5. The molecular formula is C34H35F3N4. The Labute approximate surface area is 239 Å². The van der Waals surface area contributed by atoms with Crippen LogP contribution < -0.4 is 4.90 Å². The molecule has 5 aromatic rings. The molecule has 4 nitrogen and oxygen atoms in total. The number of rotatable bonds is 4. The molecule has 2 aromatic heterocycles. The predicted molar refractivity (Wildman–Crippen MR) is 161 cm³/mol. The smallest absolute Gasteiger partial charge is 0.310 e. The van der Waals surface area contributed by atoms with Crippen LogP contribution in [0, 0.1) is 0 Å². The highest BCUT2D eigenvalue weighted by molar-refractivity contribution is 6.04. The molecule has 0 bridgehead atoms. The van der Waals surface area contributed by atoms with Crippen LogP contribution in [0.4, 0.5) is 30.2 Å². The first-order valence-corrected chi connectivity index (χ1v) is 13.7. The fourth-order valence-corrected chi connectivity index (χ4v) is 5.07. The summed E-state index contributed by atoms with van der Waals surface area (Å²) in [5, 5.41) is 5.32. The van der Waals surface area contributed by atoms with E-state index in [1.165, 1.54) is 22.9 Å². The quantitative estimate of drug-likeness (QED) is 0.221. The monoisotopic (exact) mass is 556 g/mol. The summed E-state index contributed by atoms with van der Waals surface area (Å²) < 4.78 is 41.6. The molecular weight excluding hydrogens is 521 g/mol. The number of nitrogens with zero attached hydrogens (tertiary/aromatic N) is 4. The van der Waals surface area contributed by atoms with Gasteiger partial charge in [0.25, 0.3) is 0 Å². The number of hydrogen-bond acceptors (Lipinski definition) is 3. The van der Waals surface area contributed by atoms with Gasteiger partial charge in [-0.15, -0.1) is 0 Å². The average Bonchev–Trinajstić information content (AvgIpc) is 3.30. The number of alkyl halides is 3. The Morgan fingerprint density at radius 3 is 1.68 bits per heavy atom. The van der Waals surface area contributed by atoms with Gasteiger partial charge in [0.2, 0.25) is 0 Å². The van der Waals surface area contributed by atoms with E-state index in [-0.39, 0.29) is 10.8 Å². The van der Waals surface area contributed by atoms with Crippen LogP contribution in [0.25, 0.3) is 22.2 Å². The normalized spacial score (nSPS) is 12.6. The number of anilines is 3. The Morgan fingerprint density at radius 1 is 0.683 bits per heavy atom.